The molecule has 0 unspecified atom stereocenters. The van der Waals surface area contributed by atoms with Crippen LogP contribution >= 0.6 is 11.6 Å². The van der Waals surface area contributed by atoms with Crippen LogP contribution in [0.2, 0.25) is 0 Å². The summed E-state index contributed by atoms with van der Waals surface area (Å²) in [6.45, 7) is 2.04. The average molecular weight is 317 g/mol. The maximum atomic E-state index is 6.19. The molecule has 0 aliphatic carbocycles. The van der Waals surface area contributed by atoms with E-state index in [4.69, 9.17) is 26.1 Å². The van der Waals surface area contributed by atoms with Crippen molar-refractivity contribution in [2.45, 2.75) is 12.8 Å². The van der Waals surface area contributed by atoms with Crippen LogP contribution in [0.15, 0.2) is 36.4 Å². The number of hydrogen-bond donors (Lipinski definition) is 0. The molecule has 114 valence electrons. The summed E-state index contributed by atoms with van der Waals surface area (Å²) >= 11 is 6.19. The summed E-state index contributed by atoms with van der Waals surface area (Å²) in [5.41, 5.74) is 4.79. The van der Waals surface area contributed by atoms with Crippen molar-refractivity contribution in [2.75, 3.05) is 14.2 Å². The van der Waals surface area contributed by atoms with Crippen molar-refractivity contribution in [3.63, 3.8) is 0 Å². The van der Waals surface area contributed by atoms with Crippen molar-refractivity contribution >= 4 is 17.2 Å². The van der Waals surface area contributed by atoms with Crippen LogP contribution in [-0.4, -0.2) is 23.6 Å². The van der Waals surface area contributed by atoms with Gasteiger partial charge >= 0.3 is 0 Å². The third-order valence-electron chi connectivity index (χ3n) is 3.72. The van der Waals surface area contributed by atoms with E-state index in [9.17, 15) is 0 Å². The van der Waals surface area contributed by atoms with Gasteiger partial charge in [-0.25, -0.2) is 4.98 Å². The number of alkyl halides is 1. The van der Waals surface area contributed by atoms with Gasteiger partial charge in [-0.2, -0.15) is 0 Å². The summed E-state index contributed by atoms with van der Waals surface area (Å²) in [4.78, 5) is 4.73. The van der Waals surface area contributed by atoms with Crippen LogP contribution in [0.4, 0.5) is 0 Å². The van der Waals surface area contributed by atoms with Crippen LogP contribution in [0, 0.1) is 6.92 Å². The van der Waals surface area contributed by atoms with Gasteiger partial charge in [0.1, 0.15) is 5.65 Å². The molecule has 1 aromatic carbocycles. The highest BCUT2D eigenvalue weighted by atomic mass is 35.5. The zero-order valence-corrected chi connectivity index (χ0v) is 13.5. The number of ether oxygens (including phenoxy) is 2. The van der Waals surface area contributed by atoms with E-state index in [2.05, 4.69) is 4.40 Å². The topological polar surface area (TPSA) is 35.8 Å². The van der Waals surface area contributed by atoms with Crippen LogP contribution < -0.4 is 9.47 Å². The highest BCUT2D eigenvalue weighted by molar-refractivity contribution is 6.17. The average Bonchev–Trinajstić information content (AvgIpc) is 2.94. The van der Waals surface area contributed by atoms with Gasteiger partial charge in [0.25, 0.3) is 0 Å². The number of aromatic nitrogens is 2. The van der Waals surface area contributed by atoms with Crippen molar-refractivity contribution in [3.05, 3.63) is 47.8 Å². The van der Waals surface area contributed by atoms with Gasteiger partial charge in [-0.05, 0) is 37.3 Å². The molecular weight excluding hydrogens is 300 g/mol. The minimum absolute atomic E-state index is 0.385. The third kappa shape index (κ3) is 2.29. The molecule has 0 saturated heterocycles. The number of halogens is 1. The molecule has 2 heterocycles. The summed E-state index contributed by atoms with van der Waals surface area (Å²) < 4.78 is 12.7. The molecule has 0 fully saturated rings. The Morgan fingerprint density at radius 2 is 1.86 bits per heavy atom. The standard InChI is InChI=1S/C17H17ClN2O2/c1-11-5-4-6-16-19-17(13(10-18)20(11)16)12-7-8-14(21-2)15(9-12)22-3/h4-9H,10H2,1-3H3. The monoisotopic (exact) mass is 316 g/mol. The Kier molecular flexibility index (Phi) is 3.94. The normalized spacial score (nSPS) is 10.9. The smallest absolute Gasteiger partial charge is 0.161 e. The summed E-state index contributed by atoms with van der Waals surface area (Å²) in [7, 11) is 3.24. The molecule has 0 bridgehead atoms. The molecule has 0 radical (unpaired) electrons. The molecule has 3 aromatic rings. The molecule has 0 aliphatic rings. The summed E-state index contributed by atoms with van der Waals surface area (Å²) in [5.74, 6) is 1.75. The van der Waals surface area contributed by atoms with E-state index < -0.39 is 0 Å². The molecule has 0 atom stereocenters. The summed E-state index contributed by atoms with van der Waals surface area (Å²) in [6.07, 6.45) is 0. The first kappa shape index (κ1) is 14.7. The SMILES string of the molecule is COc1ccc(-c2nc3cccc(C)n3c2CCl)cc1OC. The van der Waals surface area contributed by atoms with E-state index in [-0.39, 0.29) is 0 Å². The Hall–Kier alpha value is -2.20. The molecule has 0 N–H and O–H groups in total. The van der Waals surface area contributed by atoms with E-state index in [1.165, 1.54) is 0 Å². The minimum Gasteiger partial charge on any atom is -0.493 e. The molecule has 2 aromatic heterocycles. The quantitative estimate of drug-likeness (QED) is 0.681. The predicted octanol–water partition coefficient (Wildman–Crippen LogP) is 4.07. The van der Waals surface area contributed by atoms with Crippen molar-refractivity contribution in [1.82, 2.24) is 9.38 Å². The Balaban J connectivity index is 2.24. The zero-order chi connectivity index (χ0) is 15.7. The van der Waals surface area contributed by atoms with E-state index in [1.807, 2.05) is 43.3 Å². The van der Waals surface area contributed by atoms with E-state index in [0.717, 1.165) is 28.3 Å². The van der Waals surface area contributed by atoms with E-state index >= 15 is 0 Å². The summed E-state index contributed by atoms with van der Waals surface area (Å²) in [6, 6.07) is 11.8. The second-order valence-corrected chi connectivity index (χ2v) is 5.24. The lowest BCUT2D eigenvalue weighted by Crippen LogP contribution is -1.96. The fraction of sp³-hybridized carbons (Fsp3) is 0.235. The lowest BCUT2D eigenvalue weighted by atomic mass is 10.1. The van der Waals surface area contributed by atoms with E-state index in [0.29, 0.717) is 17.4 Å². The van der Waals surface area contributed by atoms with Crippen LogP contribution in [0.25, 0.3) is 16.9 Å². The number of hydrogen-bond acceptors (Lipinski definition) is 3. The van der Waals surface area contributed by atoms with Crippen molar-refractivity contribution in [3.8, 4) is 22.8 Å². The molecule has 4 nitrogen and oxygen atoms in total. The fourth-order valence-electron chi connectivity index (χ4n) is 2.66. The minimum atomic E-state index is 0.385. The van der Waals surface area contributed by atoms with E-state index in [1.54, 1.807) is 14.2 Å². The Morgan fingerprint density at radius 3 is 2.55 bits per heavy atom. The van der Waals surface area contributed by atoms with Gasteiger partial charge in [0.15, 0.2) is 11.5 Å². The third-order valence-corrected chi connectivity index (χ3v) is 3.97. The van der Waals surface area contributed by atoms with Crippen LogP contribution in [-0.2, 0) is 5.88 Å². The maximum absolute atomic E-state index is 6.19. The second-order valence-electron chi connectivity index (χ2n) is 4.97. The number of rotatable bonds is 4. The molecule has 5 heteroatoms. The van der Waals surface area contributed by atoms with Crippen molar-refractivity contribution in [1.29, 1.82) is 0 Å². The zero-order valence-electron chi connectivity index (χ0n) is 12.8. The Morgan fingerprint density at radius 1 is 1.09 bits per heavy atom. The van der Waals surface area contributed by atoms with Crippen molar-refractivity contribution < 1.29 is 9.47 Å². The molecule has 0 saturated carbocycles. The van der Waals surface area contributed by atoms with Crippen LogP contribution in [0.5, 0.6) is 11.5 Å². The van der Waals surface area contributed by atoms with Crippen molar-refractivity contribution in [2.24, 2.45) is 0 Å². The number of imidazole rings is 1. The number of aryl methyl sites for hydroxylation is 1. The lowest BCUT2D eigenvalue weighted by molar-refractivity contribution is 0.355. The van der Waals surface area contributed by atoms with Gasteiger partial charge in [0.05, 0.1) is 31.5 Å². The van der Waals surface area contributed by atoms with Crippen LogP contribution in [0.3, 0.4) is 0 Å². The van der Waals surface area contributed by atoms with Gasteiger partial charge < -0.3 is 9.47 Å². The molecule has 0 amide bonds. The lowest BCUT2D eigenvalue weighted by Gasteiger charge is -2.09. The summed E-state index contributed by atoms with van der Waals surface area (Å²) in [5, 5.41) is 0. The first-order valence-corrected chi connectivity index (χ1v) is 7.48. The van der Waals surface area contributed by atoms with Gasteiger partial charge in [-0.3, -0.25) is 4.40 Å². The number of benzene rings is 1. The largest absolute Gasteiger partial charge is 0.493 e. The molecule has 0 aliphatic heterocycles. The van der Waals surface area contributed by atoms with Gasteiger partial charge in [-0.1, -0.05) is 6.07 Å². The molecule has 22 heavy (non-hydrogen) atoms. The highest BCUT2D eigenvalue weighted by Crippen LogP contribution is 2.34. The first-order valence-electron chi connectivity index (χ1n) is 6.95. The predicted molar refractivity (Wildman–Crippen MR) is 88.0 cm³/mol. The first-order chi connectivity index (χ1) is 10.7. The highest BCUT2D eigenvalue weighted by Gasteiger charge is 2.16. The molecule has 3 rings (SSSR count). The molecular formula is C17H17ClN2O2. The number of pyridine rings is 1. The van der Waals surface area contributed by atoms with Gasteiger partial charge in [-0.15, -0.1) is 11.6 Å². The number of methoxy groups -OCH3 is 2. The van der Waals surface area contributed by atoms with Crippen LogP contribution in [0.1, 0.15) is 11.4 Å². The number of nitrogens with zero attached hydrogens (tertiary/aromatic N) is 2. The Labute approximate surface area is 134 Å². The molecule has 0 spiro atoms. The number of fused-ring (bicyclic) bond motifs is 1. The van der Waals surface area contributed by atoms with Gasteiger partial charge in [0, 0.05) is 11.3 Å². The van der Waals surface area contributed by atoms with Gasteiger partial charge in [0.2, 0.25) is 0 Å². The second kappa shape index (κ2) is 5.89. The maximum Gasteiger partial charge on any atom is 0.161 e. The Bertz CT molecular complexity index is 827. The fourth-order valence-corrected chi connectivity index (χ4v) is 2.91.